The maximum atomic E-state index is 5.76. The molecule has 0 fully saturated rings. The summed E-state index contributed by atoms with van der Waals surface area (Å²) >= 11 is 0. The van der Waals surface area contributed by atoms with Crippen molar-refractivity contribution in [1.82, 2.24) is 19.6 Å². The van der Waals surface area contributed by atoms with E-state index in [4.69, 9.17) is 15.7 Å². The number of fused-ring (bicyclic) bond motifs is 1. The summed E-state index contributed by atoms with van der Waals surface area (Å²) in [5, 5.41) is 7.31. The monoisotopic (exact) mass is 351 g/mol. The van der Waals surface area contributed by atoms with E-state index in [1.165, 1.54) is 0 Å². The smallest absolute Gasteiger partial charge is 0.240 e. The molecular weight excluding hydrogens is 326 g/mol. The summed E-state index contributed by atoms with van der Waals surface area (Å²) in [4.78, 5) is 13.8. The Balaban J connectivity index is 2.07. The molecule has 0 aliphatic rings. The van der Waals surface area contributed by atoms with Crippen LogP contribution in [0.1, 0.15) is 32.9 Å². The molecule has 3 aromatic rings. The van der Waals surface area contributed by atoms with Crippen LogP contribution >= 0.6 is 0 Å². The third-order valence-corrected chi connectivity index (χ3v) is 4.72. The van der Waals surface area contributed by atoms with Gasteiger partial charge in [-0.1, -0.05) is 13.8 Å². The number of rotatable bonds is 5. The molecule has 0 saturated heterocycles. The van der Waals surface area contributed by atoms with Gasteiger partial charge in [-0.15, -0.1) is 5.10 Å². The average Bonchev–Trinajstić information content (AvgIpc) is 3.05. The first-order valence-corrected chi connectivity index (χ1v) is 8.80. The molecule has 0 aliphatic carbocycles. The van der Waals surface area contributed by atoms with Crippen LogP contribution in [0.5, 0.6) is 0 Å². The Labute approximate surface area is 153 Å². The molecular formula is C19H25N7. The normalized spacial score (nSPS) is 13.2. The Morgan fingerprint density at radius 3 is 2.73 bits per heavy atom. The molecule has 1 unspecified atom stereocenters. The molecule has 0 aliphatic heterocycles. The van der Waals surface area contributed by atoms with Gasteiger partial charge in [0.05, 0.1) is 17.1 Å². The Kier molecular flexibility index (Phi) is 4.88. The van der Waals surface area contributed by atoms with Gasteiger partial charge in [-0.3, -0.25) is 9.98 Å². The zero-order chi connectivity index (χ0) is 18.8. The highest BCUT2D eigenvalue weighted by Crippen LogP contribution is 2.30. The quantitative estimate of drug-likeness (QED) is 0.681. The zero-order valence-corrected chi connectivity index (χ0v) is 15.9. The minimum absolute atomic E-state index is 0.221. The van der Waals surface area contributed by atoms with Crippen molar-refractivity contribution in [2.75, 3.05) is 18.1 Å². The summed E-state index contributed by atoms with van der Waals surface area (Å²) in [6, 6.07) is 5.98. The molecule has 3 aromatic heterocycles. The zero-order valence-electron chi connectivity index (χ0n) is 15.9. The third-order valence-electron chi connectivity index (χ3n) is 4.72. The minimum Gasteiger partial charge on any atom is -0.371 e. The average molecular weight is 351 g/mol. The topological polar surface area (TPSA) is 93.5 Å². The van der Waals surface area contributed by atoms with Crippen LogP contribution in [0.3, 0.4) is 0 Å². The van der Waals surface area contributed by atoms with Crippen LogP contribution < -0.4 is 11.1 Å². The van der Waals surface area contributed by atoms with Gasteiger partial charge >= 0.3 is 0 Å². The van der Waals surface area contributed by atoms with E-state index >= 15 is 0 Å². The minimum atomic E-state index is 0.221. The summed E-state index contributed by atoms with van der Waals surface area (Å²) in [6.07, 6.45) is 2.94. The van der Waals surface area contributed by atoms with E-state index in [1.807, 2.05) is 38.4 Å². The van der Waals surface area contributed by atoms with E-state index < -0.39 is 0 Å². The number of aromatic nitrogens is 4. The first-order chi connectivity index (χ1) is 12.4. The largest absolute Gasteiger partial charge is 0.371 e. The van der Waals surface area contributed by atoms with Crippen molar-refractivity contribution < 1.29 is 0 Å². The molecule has 136 valence electrons. The predicted octanol–water partition coefficient (Wildman–Crippen LogP) is 3.86. The Hall–Kier alpha value is -2.96. The first-order valence-electron chi connectivity index (χ1n) is 8.80. The molecule has 0 bridgehead atoms. The molecule has 0 saturated carbocycles. The molecule has 0 amide bonds. The van der Waals surface area contributed by atoms with Crippen molar-refractivity contribution in [3.05, 3.63) is 30.1 Å². The van der Waals surface area contributed by atoms with Gasteiger partial charge in [-0.05, 0) is 44.4 Å². The van der Waals surface area contributed by atoms with Crippen molar-refractivity contribution in [2.45, 2.75) is 34.1 Å². The van der Waals surface area contributed by atoms with Crippen LogP contribution in [-0.4, -0.2) is 32.3 Å². The highest BCUT2D eigenvalue weighted by Gasteiger charge is 2.14. The lowest BCUT2D eigenvalue weighted by atomic mass is 10.0. The first kappa shape index (κ1) is 17.8. The van der Waals surface area contributed by atoms with E-state index in [2.05, 4.69) is 36.2 Å². The maximum Gasteiger partial charge on any atom is 0.240 e. The summed E-state index contributed by atoms with van der Waals surface area (Å²) in [6.45, 7) is 8.42. The molecule has 1 atom stereocenters. The highest BCUT2D eigenvalue weighted by atomic mass is 15.3. The number of anilines is 2. The third kappa shape index (κ3) is 3.24. The molecule has 0 aromatic carbocycles. The van der Waals surface area contributed by atoms with Gasteiger partial charge in [-0.25, -0.2) is 4.52 Å². The molecule has 0 radical (unpaired) electrons. The van der Waals surface area contributed by atoms with Gasteiger partial charge in [-0.2, -0.15) is 4.98 Å². The SMILES string of the molecule is CCC(C)C(C)=Nc1ccc(-c2ccn3nc(N)nc(NC)c23)nc1C. The number of nitrogens with zero attached hydrogens (tertiary/aromatic N) is 5. The van der Waals surface area contributed by atoms with Crippen molar-refractivity contribution in [2.24, 2.45) is 10.9 Å². The van der Waals surface area contributed by atoms with E-state index in [-0.39, 0.29) is 5.95 Å². The van der Waals surface area contributed by atoms with Gasteiger partial charge in [0.25, 0.3) is 0 Å². The number of nitrogen functional groups attached to an aromatic ring is 1. The maximum absolute atomic E-state index is 5.76. The van der Waals surface area contributed by atoms with Crippen molar-refractivity contribution >= 4 is 28.7 Å². The molecule has 3 rings (SSSR count). The van der Waals surface area contributed by atoms with E-state index in [9.17, 15) is 0 Å². The second-order valence-electron chi connectivity index (χ2n) is 6.45. The van der Waals surface area contributed by atoms with E-state index in [0.29, 0.717) is 11.7 Å². The van der Waals surface area contributed by atoms with E-state index in [0.717, 1.165) is 40.3 Å². The van der Waals surface area contributed by atoms with Gasteiger partial charge in [0.2, 0.25) is 5.95 Å². The number of aliphatic imine (C=N–C) groups is 1. The molecule has 7 nitrogen and oxygen atoms in total. The Morgan fingerprint density at radius 1 is 1.31 bits per heavy atom. The summed E-state index contributed by atoms with van der Waals surface area (Å²) in [5.41, 5.74) is 11.3. The molecule has 0 spiro atoms. The highest BCUT2D eigenvalue weighted by molar-refractivity contribution is 5.89. The standard InChI is InChI=1S/C19H25N7/c1-6-11(2)12(3)22-15-7-8-16(23-13(15)4)14-9-10-26-17(14)18(21-5)24-19(20)25-26/h7-11H,6H2,1-5H3,(H3,20,21,24,25). The van der Waals surface area contributed by atoms with E-state index in [1.54, 1.807) is 4.52 Å². The number of hydrogen-bond acceptors (Lipinski definition) is 6. The van der Waals surface area contributed by atoms with Crippen LogP contribution in [0.2, 0.25) is 0 Å². The fraction of sp³-hybridized carbons (Fsp3) is 0.368. The van der Waals surface area contributed by atoms with Gasteiger partial charge in [0.1, 0.15) is 5.52 Å². The van der Waals surface area contributed by atoms with Gasteiger partial charge < -0.3 is 11.1 Å². The summed E-state index contributed by atoms with van der Waals surface area (Å²) in [7, 11) is 1.81. The predicted molar refractivity (Wildman–Crippen MR) is 107 cm³/mol. The van der Waals surface area contributed by atoms with Gasteiger partial charge in [0.15, 0.2) is 5.82 Å². The Morgan fingerprint density at radius 2 is 2.08 bits per heavy atom. The van der Waals surface area contributed by atoms with Crippen LogP contribution in [-0.2, 0) is 0 Å². The van der Waals surface area contributed by atoms with Crippen molar-refractivity contribution in [3.63, 3.8) is 0 Å². The van der Waals surface area contributed by atoms with Crippen LogP contribution in [0.4, 0.5) is 17.5 Å². The number of nitrogens with two attached hydrogens (primary N) is 1. The number of pyridine rings is 1. The molecule has 26 heavy (non-hydrogen) atoms. The second-order valence-corrected chi connectivity index (χ2v) is 6.45. The number of hydrogen-bond donors (Lipinski definition) is 2. The Bertz CT molecular complexity index is 971. The summed E-state index contributed by atoms with van der Waals surface area (Å²) < 4.78 is 1.72. The number of nitrogens with one attached hydrogen (secondary N) is 1. The molecule has 3 N–H and O–H groups in total. The lowest BCUT2D eigenvalue weighted by Crippen LogP contribution is -2.05. The fourth-order valence-electron chi connectivity index (χ4n) is 2.84. The van der Waals surface area contributed by atoms with Crippen LogP contribution in [0, 0.1) is 12.8 Å². The lowest BCUT2D eigenvalue weighted by Gasteiger charge is -2.10. The van der Waals surface area contributed by atoms with Gasteiger partial charge in [0, 0.05) is 24.5 Å². The molecule has 7 heteroatoms. The lowest BCUT2D eigenvalue weighted by molar-refractivity contribution is 0.736. The number of aryl methyl sites for hydroxylation is 1. The second kappa shape index (κ2) is 7.11. The van der Waals surface area contributed by atoms with Crippen molar-refractivity contribution in [3.8, 4) is 11.3 Å². The van der Waals surface area contributed by atoms with Crippen LogP contribution in [0.15, 0.2) is 29.4 Å². The fourth-order valence-corrected chi connectivity index (χ4v) is 2.84. The molecule has 3 heterocycles. The van der Waals surface area contributed by atoms with Crippen LogP contribution in [0.25, 0.3) is 16.8 Å². The van der Waals surface area contributed by atoms with Crippen molar-refractivity contribution in [1.29, 1.82) is 0 Å². The summed E-state index contributed by atoms with van der Waals surface area (Å²) in [5.74, 6) is 1.36.